The summed E-state index contributed by atoms with van der Waals surface area (Å²) >= 11 is 0. The van der Waals surface area contributed by atoms with Gasteiger partial charge in [-0.1, -0.05) is 0 Å². The average molecular weight is 599 g/mol. The summed E-state index contributed by atoms with van der Waals surface area (Å²) in [5.74, 6) is 1.73. The minimum atomic E-state index is -1.12. The van der Waals surface area contributed by atoms with Gasteiger partial charge in [0.25, 0.3) is 0 Å². The van der Waals surface area contributed by atoms with Gasteiger partial charge in [0.05, 0.1) is 47.2 Å². The Bertz CT molecular complexity index is 1460. The molecule has 0 radical (unpaired) electrons. The lowest BCUT2D eigenvalue weighted by Crippen LogP contribution is -2.12. The Morgan fingerprint density at radius 3 is 1.67 bits per heavy atom. The van der Waals surface area contributed by atoms with Crippen molar-refractivity contribution >= 4 is 11.9 Å². The third kappa shape index (κ3) is 8.03. The molecule has 0 aromatic heterocycles. The van der Waals surface area contributed by atoms with Crippen molar-refractivity contribution in [2.24, 2.45) is 0 Å². The van der Waals surface area contributed by atoms with Gasteiger partial charge < -0.3 is 38.6 Å². The molecule has 0 saturated carbocycles. The summed E-state index contributed by atoms with van der Waals surface area (Å²) in [5, 5.41) is 18.2. The fourth-order valence-electron chi connectivity index (χ4n) is 4.70. The Kier molecular flexibility index (Phi) is 12.5. The molecule has 3 rings (SSSR count). The molecule has 0 saturated heterocycles. The zero-order valence-electron chi connectivity index (χ0n) is 26.6. The van der Waals surface area contributed by atoms with Crippen LogP contribution in [0.5, 0.6) is 34.5 Å². The summed E-state index contributed by atoms with van der Waals surface area (Å²) in [6, 6.07) is 7.55. The lowest BCUT2D eigenvalue weighted by Gasteiger charge is -2.17. The van der Waals surface area contributed by atoms with Crippen LogP contribution in [-0.4, -0.2) is 63.8 Å². The van der Waals surface area contributed by atoms with Gasteiger partial charge in [-0.05, 0) is 82.0 Å². The fraction of sp³-hybridized carbons (Fsp3) is 0.394. The van der Waals surface area contributed by atoms with E-state index in [9.17, 15) is 9.59 Å². The topological polar surface area (TPSA) is 130 Å². The molecule has 3 aromatic rings. The summed E-state index contributed by atoms with van der Waals surface area (Å²) < 4.78 is 32.7. The molecule has 10 nitrogen and oxygen atoms in total. The van der Waals surface area contributed by atoms with E-state index in [-0.39, 0.29) is 16.9 Å². The highest BCUT2D eigenvalue weighted by molar-refractivity contribution is 5.99. The number of carbonyl (C=O) groups is 2. The third-order valence-corrected chi connectivity index (χ3v) is 7.26. The van der Waals surface area contributed by atoms with Crippen molar-refractivity contribution in [3.8, 4) is 34.5 Å². The van der Waals surface area contributed by atoms with Crippen molar-refractivity contribution in [3.05, 3.63) is 68.8 Å². The second kappa shape index (κ2) is 15.6. The molecule has 0 atom stereocenters. The lowest BCUT2D eigenvalue weighted by molar-refractivity contribution is 0.0675. The second-order valence-corrected chi connectivity index (χ2v) is 9.81. The lowest BCUT2D eigenvalue weighted by atomic mass is 9.92. The van der Waals surface area contributed by atoms with E-state index >= 15 is 0 Å². The smallest absolute Gasteiger partial charge is 0.339 e. The van der Waals surface area contributed by atoms with Crippen molar-refractivity contribution in [2.45, 2.75) is 48.0 Å². The molecular weight excluding hydrogens is 556 g/mol. The SMILES string of the molecule is COc1c(C)c(C(=O)O)c(C)c(C)c1C(=O)O.COc1ccc(OCCCOc2c(C)c(C)cc(OC)c2C)cc1OC. The number of aryl methyl sites for hydroxylation is 1. The molecule has 0 heterocycles. The van der Waals surface area contributed by atoms with E-state index in [4.69, 9.17) is 38.6 Å². The molecule has 0 unspecified atom stereocenters. The maximum atomic E-state index is 11.2. The van der Waals surface area contributed by atoms with E-state index < -0.39 is 11.9 Å². The van der Waals surface area contributed by atoms with Gasteiger partial charge in [-0.25, -0.2) is 9.59 Å². The molecular formula is C33H42O10. The second-order valence-electron chi connectivity index (χ2n) is 9.81. The van der Waals surface area contributed by atoms with Gasteiger partial charge >= 0.3 is 11.9 Å². The van der Waals surface area contributed by atoms with Gasteiger partial charge in [-0.2, -0.15) is 0 Å². The van der Waals surface area contributed by atoms with Crippen LogP contribution in [-0.2, 0) is 0 Å². The molecule has 0 aliphatic rings. The largest absolute Gasteiger partial charge is 0.496 e. The van der Waals surface area contributed by atoms with Crippen LogP contribution in [0.3, 0.4) is 0 Å². The summed E-state index contributed by atoms with van der Waals surface area (Å²) in [6.07, 6.45) is 0.767. The summed E-state index contributed by atoms with van der Waals surface area (Å²) in [7, 11) is 6.23. The molecule has 0 aliphatic carbocycles. The number of hydrogen-bond acceptors (Lipinski definition) is 8. The molecule has 2 N–H and O–H groups in total. The van der Waals surface area contributed by atoms with Gasteiger partial charge in [0.1, 0.15) is 28.6 Å². The highest BCUT2D eigenvalue weighted by Gasteiger charge is 2.25. The quantitative estimate of drug-likeness (QED) is 0.223. The number of rotatable bonds is 12. The Labute approximate surface area is 253 Å². The first-order valence-electron chi connectivity index (χ1n) is 13.6. The average Bonchev–Trinajstić information content (AvgIpc) is 2.97. The predicted molar refractivity (Wildman–Crippen MR) is 163 cm³/mol. The molecule has 0 fully saturated rings. The first-order chi connectivity index (χ1) is 20.3. The van der Waals surface area contributed by atoms with Crippen molar-refractivity contribution in [2.75, 3.05) is 41.7 Å². The molecule has 234 valence electrons. The molecule has 0 aliphatic heterocycles. The van der Waals surface area contributed by atoms with Crippen LogP contribution in [0.2, 0.25) is 0 Å². The van der Waals surface area contributed by atoms with Crippen LogP contribution < -0.4 is 28.4 Å². The molecule has 10 heteroatoms. The first-order valence-corrected chi connectivity index (χ1v) is 13.6. The summed E-state index contributed by atoms with van der Waals surface area (Å²) in [5.41, 5.74) is 4.65. The van der Waals surface area contributed by atoms with Gasteiger partial charge in [0.2, 0.25) is 0 Å². The molecule has 0 amide bonds. The monoisotopic (exact) mass is 598 g/mol. The van der Waals surface area contributed by atoms with Crippen molar-refractivity contribution < 1.29 is 48.2 Å². The zero-order chi connectivity index (χ0) is 32.4. The van der Waals surface area contributed by atoms with E-state index in [0.717, 1.165) is 40.4 Å². The van der Waals surface area contributed by atoms with Crippen molar-refractivity contribution in [1.82, 2.24) is 0 Å². The van der Waals surface area contributed by atoms with Crippen LogP contribution >= 0.6 is 0 Å². The van der Waals surface area contributed by atoms with E-state index in [1.54, 1.807) is 42.1 Å². The standard InChI is InChI=1S/C21H28O5.C12H14O5/c1-14-12-19(23-5)16(3)21(15(14)2)26-11-7-10-25-17-8-9-18(22-4)20(13-17)24-6;1-5-6(2)9(12(15)16)10(17-4)7(3)8(5)11(13)14/h8-9,12-13H,7,10-11H2,1-6H3;1-4H3,(H,13,14)(H,15,16). The van der Waals surface area contributed by atoms with Crippen molar-refractivity contribution in [1.29, 1.82) is 0 Å². The van der Waals surface area contributed by atoms with Gasteiger partial charge in [-0.3, -0.25) is 0 Å². The maximum Gasteiger partial charge on any atom is 0.339 e. The minimum absolute atomic E-state index is 0.0208. The minimum Gasteiger partial charge on any atom is -0.496 e. The summed E-state index contributed by atoms with van der Waals surface area (Å²) in [6.45, 7) is 12.0. The number of benzene rings is 3. The Hall–Kier alpha value is -4.60. The van der Waals surface area contributed by atoms with Crippen molar-refractivity contribution in [3.63, 3.8) is 0 Å². The first kappa shape index (κ1) is 34.6. The van der Waals surface area contributed by atoms with E-state index in [0.29, 0.717) is 41.4 Å². The predicted octanol–water partition coefficient (Wildman–Crippen LogP) is 6.50. The van der Waals surface area contributed by atoms with Crippen LogP contribution in [0.4, 0.5) is 0 Å². The molecule has 0 bridgehead atoms. The Morgan fingerprint density at radius 2 is 1.14 bits per heavy atom. The van der Waals surface area contributed by atoms with Crippen LogP contribution in [0, 0.1) is 41.5 Å². The van der Waals surface area contributed by atoms with Gasteiger partial charge in [0, 0.05) is 23.6 Å². The summed E-state index contributed by atoms with van der Waals surface area (Å²) in [4.78, 5) is 22.3. The van der Waals surface area contributed by atoms with Crippen LogP contribution in [0.15, 0.2) is 24.3 Å². The van der Waals surface area contributed by atoms with E-state index in [1.807, 2.05) is 31.2 Å². The normalized spacial score (nSPS) is 10.3. The zero-order valence-corrected chi connectivity index (χ0v) is 26.6. The number of hydrogen-bond donors (Lipinski definition) is 2. The maximum absolute atomic E-state index is 11.2. The van der Waals surface area contributed by atoms with Gasteiger partial charge in [-0.15, -0.1) is 0 Å². The molecule has 43 heavy (non-hydrogen) atoms. The number of carboxylic acid groups (broad SMARTS) is 2. The van der Waals surface area contributed by atoms with Crippen LogP contribution in [0.25, 0.3) is 0 Å². The van der Waals surface area contributed by atoms with E-state index in [2.05, 4.69) is 13.8 Å². The number of methoxy groups -OCH3 is 4. The van der Waals surface area contributed by atoms with Crippen LogP contribution in [0.1, 0.15) is 60.5 Å². The van der Waals surface area contributed by atoms with E-state index in [1.165, 1.54) is 7.11 Å². The molecule has 0 spiro atoms. The molecule has 3 aromatic carbocycles. The fourth-order valence-corrected chi connectivity index (χ4v) is 4.70. The number of carboxylic acids is 2. The Morgan fingerprint density at radius 1 is 0.581 bits per heavy atom. The number of aromatic carboxylic acids is 2. The highest BCUT2D eigenvalue weighted by atomic mass is 16.5. The Balaban J connectivity index is 0.000000329. The number of ether oxygens (including phenoxy) is 6. The highest BCUT2D eigenvalue weighted by Crippen LogP contribution is 2.35. The third-order valence-electron chi connectivity index (χ3n) is 7.26. The van der Waals surface area contributed by atoms with Gasteiger partial charge in [0.15, 0.2) is 11.5 Å².